The molecule has 1 N–H and O–H groups in total. The Hall–Kier alpha value is -1.09. The highest BCUT2D eigenvalue weighted by atomic mass is 32.1. The van der Waals surface area contributed by atoms with Crippen molar-refractivity contribution < 1.29 is 0 Å². The molecule has 2 rings (SSSR count). The van der Waals surface area contributed by atoms with Gasteiger partial charge < -0.3 is 10.2 Å². The van der Waals surface area contributed by atoms with Gasteiger partial charge in [-0.2, -0.15) is 0 Å². The van der Waals surface area contributed by atoms with Crippen molar-refractivity contribution in [1.29, 1.82) is 0 Å². The Morgan fingerprint density at radius 3 is 2.28 bits per heavy atom. The molecule has 1 aliphatic heterocycles. The number of nitrogens with zero attached hydrogens (tertiary/aromatic N) is 1. The average Bonchev–Trinajstić information content (AvgIpc) is 2.68. The minimum absolute atomic E-state index is 0.876. The highest BCUT2D eigenvalue weighted by Gasteiger charge is 2.12. The number of rotatable bonds is 2. The molecule has 0 saturated carbocycles. The number of anilines is 1. The lowest BCUT2D eigenvalue weighted by atomic mass is 10.1. The average molecular weight is 262 g/mol. The van der Waals surface area contributed by atoms with Gasteiger partial charge in [-0.1, -0.05) is 31.9 Å². The SMILES string of the molecule is CCc1ccc(NC(=S)N2CCCCCC2)cc1. The molecule has 18 heavy (non-hydrogen) atoms. The highest BCUT2D eigenvalue weighted by Crippen LogP contribution is 2.14. The normalized spacial score (nSPS) is 16.2. The predicted molar refractivity (Wildman–Crippen MR) is 82.1 cm³/mol. The standard InChI is InChI=1S/C15H22N2S/c1-2-13-7-9-14(10-8-13)16-15(18)17-11-5-3-4-6-12-17/h7-10H,2-6,11-12H2,1H3,(H,16,18). The maximum atomic E-state index is 5.49. The topological polar surface area (TPSA) is 15.3 Å². The zero-order valence-corrected chi connectivity index (χ0v) is 11.9. The molecular formula is C15H22N2S. The first-order valence-corrected chi connectivity index (χ1v) is 7.35. The fourth-order valence-corrected chi connectivity index (χ4v) is 2.60. The van der Waals surface area contributed by atoms with Gasteiger partial charge in [0.15, 0.2) is 5.11 Å². The lowest BCUT2D eigenvalue weighted by Crippen LogP contribution is -2.35. The number of nitrogens with one attached hydrogen (secondary N) is 1. The molecule has 1 aromatic rings. The lowest BCUT2D eigenvalue weighted by molar-refractivity contribution is 0.441. The first-order chi connectivity index (χ1) is 8.79. The van der Waals surface area contributed by atoms with E-state index in [-0.39, 0.29) is 0 Å². The van der Waals surface area contributed by atoms with E-state index < -0.39 is 0 Å². The predicted octanol–water partition coefficient (Wildman–Crippen LogP) is 3.82. The number of likely N-dealkylation sites (tertiary alicyclic amines) is 1. The van der Waals surface area contributed by atoms with E-state index in [1.807, 2.05) is 0 Å². The van der Waals surface area contributed by atoms with Crippen molar-refractivity contribution in [2.24, 2.45) is 0 Å². The van der Waals surface area contributed by atoms with Gasteiger partial charge in [0.1, 0.15) is 0 Å². The molecule has 1 heterocycles. The summed E-state index contributed by atoms with van der Waals surface area (Å²) in [6.45, 7) is 4.36. The molecule has 0 amide bonds. The van der Waals surface area contributed by atoms with Gasteiger partial charge in [0, 0.05) is 18.8 Å². The van der Waals surface area contributed by atoms with E-state index in [1.54, 1.807) is 0 Å². The summed E-state index contributed by atoms with van der Waals surface area (Å²) in [4.78, 5) is 2.30. The van der Waals surface area contributed by atoms with E-state index in [2.05, 4.69) is 41.4 Å². The van der Waals surface area contributed by atoms with Crippen molar-refractivity contribution >= 4 is 23.0 Å². The van der Waals surface area contributed by atoms with E-state index >= 15 is 0 Å². The van der Waals surface area contributed by atoms with Crippen LogP contribution < -0.4 is 5.32 Å². The first-order valence-electron chi connectivity index (χ1n) is 6.94. The van der Waals surface area contributed by atoms with Crippen molar-refractivity contribution in [2.45, 2.75) is 39.0 Å². The molecule has 1 aromatic carbocycles. The van der Waals surface area contributed by atoms with Gasteiger partial charge >= 0.3 is 0 Å². The second-order valence-electron chi connectivity index (χ2n) is 4.88. The van der Waals surface area contributed by atoms with Crippen LogP contribution in [0.1, 0.15) is 38.2 Å². The largest absolute Gasteiger partial charge is 0.349 e. The van der Waals surface area contributed by atoms with Crippen LogP contribution in [0.15, 0.2) is 24.3 Å². The number of thiocarbonyl (C=S) groups is 1. The van der Waals surface area contributed by atoms with Gasteiger partial charge in [-0.25, -0.2) is 0 Å². The van der Waals surface area contributed by atoms with Gasteiger partial charge in [-0.05, 0) is 49.2 Å². The molecule has 3 heteroatoms. The zero-order valence-electron chi connectivity index (χ0n) is 11.1. The molecule has 0 spiro atoms. The molecule has 0 unspecified atom stereocenters. The lowest BCUT2D eigenvalue weighted by Gasteiger charge is -2.24. The summed E-state index contributed by atoms with van der Waals surface area (Å²) in [5.41, 5.74) is 2.46. The Balaban J connectivity index is 1.92. The van der Waals surface area contributed by atoms with Gasteiger partial charge in [-0.3, -0.25) is 0 Å². The molecule has 2 nitrogen and oxygen atoms in total. The number of aryl methyl sites for hydroxylation is 1. The summed E-state index contributed by atoms with van der Waals surface area (Å²) >= 11 is 5.49. The number of hydrogen-bond acceptors (Lipinski definition) is 1. The second-order valence-corrected chi connectivity index (χ2v) is 5.27. The smallest absolute Gasteiger partial charge is 0.173 e. The van der Waals surface area contributed by atoms with Crippen molar-refractivity contribution in [3.63, 3.8) is 0 Å². The minimum Gasteiger partial charge on any atom is -0.349 e. The van der Waals surface area contributed by atoms with E-state index in [4.69, 9.17) is 12.2 Å². The molecule has 1 saturated heterocycles. The third-order valence-electron chi connectivity index (χ3n) is 3.51. The Kier molecular flexibility index (Phi) is 5.00. The highest BCUT2D eigenvalue weighted by molar-refractivity contribution is 7.80. The minimum atomic E-state index is 0.876. The molecule has 0 atom stereocenters. The van der Waals surface area contributed by atoms with Crippen LogP contribution >= 0.6 is 12.2 Å². The monoisotopic (exact) mass is 262 g/mol. The van der Waals surface area contributed by atoms with Gasteiger partial charge in [0.25, 0.3) is 0 Å². The summed E-state index contributed by atoms with van der Waals surface area (Å²) in [5, 5.41) is 4.22. The second kappa shape index (κ2) is 6.74. The van der Waals surface area contributed by atoms with Gasteiger partial charge in [0.2, 0.25) is 0 Å². The molecule has 1 aliphatic rings. The fourth-order valence-electron chi connectivity index (χ4n) is 2.30. The summed E-state index contributed by atoms with van der Waals surface area (Å²) in [7, 11) is 0. The van der Waals surface area contributed by atoms with Crippen LogP contribution in [0.4, 0.5) is 5.69 Å². The van der Waals surface area contributed by atoms with E-state index in [0.29, 0.717) is 0 Å². The maximum absolute atomic E-state index is 5.49. The van der Waals surface area contributed by atoms with E-state index in [9.17, 15) is 0 Å². The van der Waals surface area contributed by atoms with Crippen molar-refractivity contribution in [2.75, 3.05) is 18.4 Å². The Morgan fingerprint density at radius 2 is 1.72 bits per heavy atom. The van der Waals surface area contributed by atoms with Crippen LogP contribution in [0, 0.1) is 0 Å². The molecule has 98 valence electrons. The summed E-state index contributed by atoms with van der Waals surface area (Å²) in [5.74, 6) is 0. The van der Waals surface area contributed by atoms with Crippen molar-refractivity contribution in [3.05, 3.63) is 29.8 Å². The van der Waals surface area contributed by atoms with Crippen LogP contribution in [-0.2, 0) is 6.42 Å². The molecule has 0 bridgehead atoms. The molecule has 0 aromatic heterocycles. The van der Waals surface area contributed by atoms with E-state index in [0.717, 1.165) is 30.3 Å². The third-order valence-corrected chi connectivity index (χ3v) is 3.87. The zero-order chi connectivity index (χ0) is 12.8. The van der Waals surface area contributed by atoms with Crippen LogP contribution in [0.2, 0.25) is 0 Å². The van der Waals surface area contributed by atoms with Gasteiger partial charge in [-0.15, -0.1) is 0 Å². The van der Waals surface area contributed by atoms with Gasteiger partial charge in [0.05, 0.1) is 0 Å². The Morgan fingerprint density at radius 1 is 1.11 bits per heavy atom. The van der Waals surface area contributed by atoms with Crippen LogP contribution in [0.3, 0.4) is 0 Å². The summed E-state index contributed by atoms with van der Waals surface area (Å²) in [6, 6.07) is 8.55. The summed E-state index contributed by atoms with van der Waals surface area (Å²) in [6.07, 6.45) is 6.28. The third kappa shape index (κ3) is 3.70. The Bertz CT molecular complexity index is 378. The summed E-state index contributed by atoms with van der Waals surface area (Å²) < 4.78 is 0. The number of benzene rings is 1. The van der Waals surface area contributed by atoms with E-state index in [1.165, 1.54) is 31.2 Å². The van der Waals surface area contributed by atoms with Crippen molar-refractivity contribution in [1.82, 2.24) is 4.90 Å². The van der Waals surface area contributed by atoms with Crippen LogP contribution in [-0.4, -0.2) is 23.1 Å². The molecule has 0 radical (unpaired) electrons. The van der Waals surface area contributed by atoms with Crippen LogP contribution in [0.25, 0.3) is 0 Å². The number of hydrogen-bond donors (Lipinski definition) is 1. The van der Waals surface area contributed by atoms with Crippen molar-refractivity contribution in [3.8, 4) is 0 Å². The Labute approximate surface area is 115 Å². The molecular weight excluding hydrogens is 240 g/mol. The fraction of sp³-hybridized carbons (Fsp3) is 0.533. The maximum Gasteiger partial charge on any atom is 0.173 e. The van der Waals surface area contributed by atoms with Crippen LogP contribution in [0.5, 0.6) is 0 Å². The quantitative estimate of drug-likeness (QED) is 0.816. The first kappa shape index (κ1) is 13.3. The molecule has 0 aliphatic carbocycles. The molecule has 1 fully saturated rings.